The van der Waals surface area contributed by atoms with Crippen LogP contribution in [-0.2, 0) is 23.9 Å². The molecule has 0 saturated carbocycles. The summed E-state index contributed by atoms with van der Waals surface area (Å²) >= 11 is 0. The van der Waals surface area contributed by atoms with Gasteiger partial charge >= 0.3 is 11.9 Å². The quantitative estimate of drug-likeness (QED) is 0.614. The predicted molar refractivity (Wildman–Crippen MR) is 66.0 cm³/mol. The van der Waals surface area contributed by atoms with Crippen LogP contribution >= 0.6 is 0 Å². The van der Waals surface area contributed by atoms with Crippen LogP contribution < -0.4 is 5.32 Å². The zero-order valence-electron chi connectivity index (χ0n) is 11.6. The third kappa shape index (κ3) is 6.76. The number of amides is 1. The molecule has 1 amide bonds. The summed E-state index contributed by atoms with van der Waals surface area (Å²) in [5.41, 5.74) is 0. The second-order valence-electron chi connectivity index (χ2n) is 4.51. The molecule has 0 aliphatic carbocycles. The molecule has 0 aromatic carbocycles. The highest BCUT2D eigenvalue weighted by atomic mass is 16.5. The van der Waals surface area contributed by atoms with E-state index in [1.165, 1.54) is 7.11 Å². The van der Waals surface area contributed by atoms with Gasteiger partial charge in [-0.2, -0.15) is 0 Å². The summed E-state index contributed by atoms with van der Waals surface area (Å²) in [6.45, 7) is 3.70. The van der Waals surface area contributed by atoms with E-state index in [9.17, 15) is 19.5 Å². The van der Waals surface area contributed by atoms with Crippen LogP contribution in [0.5, 0.6) is 0 Å². The summed E-state index contributed by atoms with van der Waals surface area (Å²) in [6.07, 6.45) is -1.31. The fourth-order valence-corrected chi connectivity index (χ4v) is 1.41. The molecule has 2 N–H and O–H groups in total. The molecule has 0 saturated heterocycles. The molecule has 0 heterocycles. The number of ether oxygens (including phenoxy) is 2. The molecule has 0 bridgehead atoms. The van der Waals surface area contributed by atoms with Gasteiger partial charge in [0.1, 0.15) is 12.1 Å². The minimum absolute atomic E-state index is 0.123. The molecule has 0 aromatic rings. The lowest BCUT2D eigenvalue weighted by Gasteiger charge is -2.18. The fraction of sp³-hybridized carbons (Fsp3) is 0.750. The Morgan fingerprint density at radius 3 is 2.16 bits per heavy atom. The van der Waals surface area contributed by atoms with Gasteiger partial charge in [-0.3, -0.25) is 9.59 Å². The summed E-state index contributed by atoms with van der Waals surface area (Å²) in [7, 11) is 2.31. The van der Waals surface area contributed by atoms with E-state index in [1.807, 2.05) is 13.8 Å². The van der Waals surface area contributed by atoms with Gasteiger partial charge in [0, 0.05) is 0 Å². The van der Waals surface area contributed by atoms with Gasteiger partial charge in [-0.1, -0.05) is 13.8 Å². The van der Waals surface area contributed by atoms with Gasteiger partial charge < -0.3 is 19.9 Å². The van der Waals surface area contributed by atoms with Gasteiger partial charge in [0.15, 0.2) is 0 Å². The van der Waals surface area contributed by atoms with Crippen molar-refractivity contribution >= 4 is 17.8 Å². The summed E-state index contributed by atoms with van der Waals surface area (Å²) in [6, 6.07) is -1.16. The molecule has 2 atom stereocenters. The van der Waals surface area contributed by atoms with Crippen molar-refractivity contribution in [1.82, 2.24) is 5.32 Å². The van der Waals surface area contributed by atoms with Crippen LogP contribution in [0.2, 0.25) is 0 Å². The Morgan fingerprint density at radius 2 is 1.74 bits per heavy atom. The first-order valence-corrected chi connectivity index (χ1v) is 5.94. The zero-order chi connectivity index (χ0) is 15.0. The Kier molecular flexibility index (Phi) is 7.74. The average Bonchev–Trinajstić information content (AvgIpc) is 2.35. The maximum absolute atomic E-state index is 11.7. The largest absolute Gasteiger partial charge is 0.469 e. The first kappa shape index (κ1) is 17.4. The first-order chi connectivity index (χ1) is 8.81. The van der Waals surface area contributed by atoms with E-state index in [1.54, 1.807) is 0 Å². The SMILES string of the molecule is COC(=O)C[C@@H](NC(=O)[C@@H](O)CC(C)C)C(=O)OC. The number of aliphatic hydroxyl groups excluding tert-OH is 1. The minimum atomic E-state index is -1.23. The Balaban J connectivity index is 4.59. The van der Waals surface area contributed by atoms with E-state index in [0.717, 1.165) is 7.11 Å². The van der Waals surface area contributed by atoms with Crippen LogP contribution in [0.25, 0.3) is 0 Å². The number of carbonyl (C=O) groups excluding carboxylic acids is 3. The molecule has 0 rings (SSSR count). The summed E-state index contributed by atoms with van der Waals surface area (Å²) in [5.74, 6) is -2.02. The molecule has 0 fully saturated rings. The van der Waals surface area contributed by atoms with Crippen molar-refractivity contribution in [3.05, 3.63) is 0 Å². The lowest BCUT2D eigenvalue weighted by molar-refractivity contribution is -0.151. The van der Waals surface area contributed by atoms with Crippen LogP contribution in [-0.4, -0.2) is 49.3 Å². The van der Waals surface area contributed by atoms with Crippen molar-refractivity contribution < 1.29 is 29.0 Å². The maximum atomic E-state index is 11.7. The second kappa shape index (κ2) is 8.47. The molecule has 0 spiro atoms. The lowest BCUT2D eigenvalue weighted by atomic mass is 10.1. The van der Waals surface area contributed by atoms with Crippen LogP contribution in [0.4, 0.5) is 0 Å². The highest BCUT2D eigenvalue weighted by Crippen LogP contribution is 2.06. The number of nitrogens with one attached hydrogen (secondary N) is 1. The van der Waals surface area contributed by atoms with Crippen molar-refractivity contribution in [3.8, 4) is 0 Å². The number of aliphatic hydroxyl groups is 1. The van der Waals surface area contributed by atoms with Gasteiger partial charge in [0.25, 0.3) is 0 Å². The van der Waals surface area contributed by atoms with Crippen molar-refractivity contribution in [2.75, 3.05) is 14.2 Å². The summed E-state index contributed by atoms with van der Waals surface area (Å²) in [4.78, 5) is 34.2. The van der Waals surface area contributed by atoms with Gasteiger partial charge in [-0.05, 0) is 12.3 Å². The van der Waals surface area contributed by atoms with Gasteiger partial charge in [-0.15, -0.1) is 0 Å². The number of hydrogen-bond acceptors (Lipinski definition) is 6. The molecule has 0 aromatic heterocycles. The number of hydrogen-bond donors (Lipinski definition) is 2. The van der Waals surface area contributed by atoms with Crippen LogP contribution in [0.1, 0.15) is 26.7 Å². The number of carbonyl (C=O) groups is 3. The molecule has 0 aliphatic rings. The standard InChI is InChI=1S/C12H21NO6/c1-7(2)5-9(14)11(16)13-8(12(17)19-4)6-10(15)18-3/h7-9,14H,5-6H2,1-4H3,(H,13,16)/t8-,9+/m1/s1. The molecular weight excluding hydrogens is 254 g/mol. The van der Waals surface area contributed by atoms with Crippen molar-refractivity contribution in [3.63, 3.8) is 0 Å². The van der Waals surface area contributed by atoms with E-state index < -0.39 is 30.0 Å². The van der Waals surface area contributed by atoms with Crippen molar-refractivity contribution in [1.29, 1.82) is 0 Å². The summed E-state index contributed by atoms with van der Waals surface area (Å²) < 4.78 is 8.90. The Morgan fingerprint density at radius 1 is 1.16 bits per heavy atom. The van der Waals surface area contributed by atoms with E-state index in [-0.39, 0.29) is 18.8 Å². The van der Waals surface area contributed by atoms with E-state index in [0.29, 0.717) is 0 Å². The average molecular weight is 275 g/mol. The summed E-state index contributed by atoms with van der Waals surface area (Å²) in [5, 5.41) is 11.9. The highest BCUT2D eigenvalue weighted by molar-refractivity contribution is 5.89. The Hall–Kier alpha value is -1.63. The highest BCUT2D eigenvalue weighted by Gasteiger charge is 2.27. The predicted octanol–water partition coefficient (Wildman–Crippen LogP) is -0.386. The van der Waals surface area contributed by atoms with Gasteiger partial charge in [-0.25, -0.2) is 4.79 Å². The monoisotopic (exact) mass is 275 g/mol. The number of rotatable bonds is 7. The number of methoxy groups -OCH3 is 2. The molecule has 0 unspecified atom stereocenters. The Labute approximate surface area is 112 Å². The molecule has 0 radical (unpaired) electrons. The normalized spacial score (nSPS) is 13.6. The van der Waals surface area contributed by atoms with E-state index in [2.05, 4.69) is 14.8 Å². The third-order valence-corrected chi connectivity index (χ3v) is 2.40. The van der Waals surface area contributed by atoms with Crippen molar-refractivity contribution in [2.24, 2.45) is 5.92 Å². The molecule has 7 nitrogen and oxygen atoms in total. The number of esters is 2. The molecule has 19 heavy (non-hydrogen) atoms. The lowest BCUT2D eigenvalue weighted by Crippen LogP contribution is -2.47. The fourth-order valence-electron chi connectivity index (χ4n) is 1.41. The topological polar surface area (TPSA) is 102 Å². The Bertz CT molecular complexity index is 328. The third-order valence-electron chi connectivity index (χ3n) is 2.40. The van der Waals surface area contributed by atoms with E-state index in [4.69, 9.17) is 0 Å². The van der Waals surface area contributed by atoms with Gasteiger partial charge in [0.2, 0.25) is 5.91 Å². The molecule has 0 aliphatic heterocycles. The first-order valence-electron chi connectivity index (χ1n) is 5.94. The minimum Gasteiger partial charge on any atom is -0.469 e. The smallest absolute Gasteiger partial charge is 0.328 e. The molecular formula is C12H21NO6. The van der Waals surface area contributed by atoms with Gasteiger partial charge in [0.05, 0.1) is 20.6 Å². The van der Waals surface area contributed by atoms with E-state index >= 15 is 0 Å². The molecule has 7 heteroatoms. The second-order valence-corrected chi connectivity index (χ2v) is 4.51. The maximum Gasteiger partial charge on any atom is 0.328 e. The van der Waals surface area contributed by atoms with Crippen LogP contribution in [0.15, 0.2) is 0 Å². The zero-order valence-corrected chi connectivity index (χ0v) is 11.6. The van der Waals surface area contributed by atoms with Crippen LogP contribution in [0, 0.1) is 5.92 Å². The van der Waals surface area contributed by atoms with Crippen molar-refractivity contribution in [2.45, 2.75) is 38.8 Å². The molecule has 110 valence electrons. The van der Waals surface area contributed by atoms with Crippen LogP contribution in [0.3, 0.4) is 0 Å².